The molecule has 1 saturated heterocycles. The summed E-state index contributed by atoms with van der Waals surface area (Å²) in [6.45, 7) is 4.19. The van der Waals surface area contributed by atoms with Gasteiger partial charge in [0, 0.05) is 24.5 Å². The van der Waals surface area contributed by atoms with Gasteiger partial charge in [-0.3, -0.25) is 4.90 Å². The van der Waals surface area contributed by atoms with E-state index in [4.69, 9.17) is 17.3 Å². The number of thiophene rings is 1. The van der Waals surface area contributed by atoms with Crippen molar-refractivity contribution in [3.8, 4) is 0 Å². The fourth-order valence-corrected chi connectivity index (χ4v) is 3.74. The fourth-order valence-electron chi connectivity index (χ4n) is 2.83. The van der Waals surface area contributed by atoms with Crippen LogP contribution in [-0.4, -0.2) is 34.5 Å². The first kappa shape index (κ1) is 15.5. The van der Waals surface area contributed by atoms with Gasteiger partial charge in [-0.15, -0.1) is 11.3 Å². The molecule has 7 heteroatoms. The molecule has 22 heavy (non-hydrogen) atoms. The van der Waals surface area contributed by atoms with Gasteiger partial charge in [-0.25, -0.2) is 9.97 Å². The molecule has 1 aliphatic rings. The Morgan fingerprint density at radius 2 is 2.36 bits per heavy atom. The summed E-state index contributed by atoms with van der Waals surface area (Å²) in [4.78, 5) is 12.0. The topological polar surface area (TPSA) is 67.1 Å². The van der Waals surface area contributed by atoms with Gasteiger partial charge in [0.05, 0.1) is 0 Å². The van der Waals surface area contributed by atoms with E-state index in [0.717, 1.165) is 19.6 Å². The molecule has 5 nitrogen and oxygen atoms in total. The van der Waals surface area contributed by atoms with Gasteiger partial charge in [-0.05, 0) is 36.8 Å². The Hall–Kier alpha value is -1.37. The van der Waals surface area contributed by atoms with E-state index in [9.17, 15) is 0 Å². The van der Waals surface area contributed by atoms with Crippen LogP contribution in [0.2, 0.25) is 5.02 Å². The number of piperidine rings is 1. The van der Waals surface area contributed by atoms with Gasteiger partial charge in [0.15, 0.2) is 0 Å². The second-order valence-corrected chi connectivity index (χ2v) is 7.04. The van der Waals surface area contributed by atoms with Gasteiger partial charge in [0.1, 0.15) is 23.0 Å². The number of rotatable bonds is 5. The highest BCUT2D eigenvalue weighted by Gasteiger charge is 2.20. The number of hydrogen-bond acceptors (Lipinski definition) is 6. The average Bonchev–Trinajstić information content (AvgIpc) is 3.02. The Bertz CT molecular complexity index is 604. The third kappa shape index (κ3) is 3.88. The molecule has 1 atom stereocenters. The van der Waals surface area contributed by atoms with Crippen molar-refractivity contribution in [3.63, 3.8) is 0 Å². The summed E-state index contributed by atoms with van der Waals surface area (Å²) in [7, 11) is 0. The van der Waals surface area contributed by atoms with E-state index in [0.29, 0.717) is 22.6 Å². The zero-order chi connectivity index (χ0) is 15.4. The summed E-state index contributed by atoms with van der Waals surface area (Å²) in [5.41, 5.74) is 5.70. The molecule has 0 aliphatic carbocycles. The lowest BCUT2D eigenvalue weighted by atomic mass is 9.98. The number of aromatic nitrogens is 2. The number of halogens is 1. The van der Waals surface area contributed by atoms with Crippen molar-refractivity contribution in [3.05, 3.63) is 33.7 Å². The van der Waals surface area contributed by atoms with Gasteiger partial charge in [-0.2, -0.15) is 0 Å². The van der Waals surface area contributed by atoms with Crippen molar-refractivity contribution in [2.24, 2.45) is 5.92 Å². The zero-order valence-corrected chi connectivity index (χ0v) is 13.9. The van der Waals surface area contributed by atoms with Gasteiger partial charge in [-0.1, -0.05) is 17.7 Å². The fraction of sp³-hybridized carbons (Fsp3) is 0.467. The monoisotopic (exact) mass is 337 g/mol. The van der Waals surface area contributed by atoms with Gasteiger partial charge >= 0.3 is 0 Å². The first-order chi connectivity index (χ1) is 10.7. The van der Waals surface area contributed by atoms with Crippen LogP contribution in [0.3, 0.4) is 0 Å². The van der Waals surface area contributed by atoms with E-state index in [1.165, 1.54) is 30.6 Å². The minimum Gasteiger partial charge on any atom is -0.382 e. The second-order valence-electron chi connectivity index (χ2n) is 5.63. The first-order valence-electron chi connectivity index (χ1n) is 7.47. The lowest BCUT2D eigenvalue weighted by Crippen LogP contribution is -2.37. The molecule has 0 bridgehead atoms. The molecular formula is C15H20ClN5S. The molecule has 1 unspecified atom stereocenters. The molecule has 0 spiro atoms. The standard InChI is InChI=1S/C15H20ClN5S/c16-13-14(17)19-10-20-15(13)18-7-11-3-1-5-21(8-11)9-12-4-2-6-22-12/h2,4,6,10-11H,1,3,5,7-9H2,(H3,17,18,19,20). The molecular weight excluding hydrogens is 318 g/mol. The van der Waals surface area contributed by atoms with Crippen molar-refractivity contribution in [1.29, 1.82) is 0 Å². The summed E-state index contributed by atoms with van der Waals surface area (Å²) >= 11 is 7.94. The highest BCUT2D eigenvalue weighted by atomic mass is 35.5. The van der Waals surface area contributed by atoms with Crippen LogP contribution >= 0.6 is 22.9 Å². The number of anilines is 2. The molecule has 2 aromatic rings. The Labute approximate surface area is 139 Å². The van der Waals surface area contributed by atoms with Crippen LogP contribution in [0, 0.1) is 5.92 Å². The summed E-state index contributed by atoms with van der Waals surface area (Å²) < 4.78 is 0. The maximum atomic E-state index is 6.11. The summed E-state index contributed by atoms with van der Waals surface area (Å²) in [6, 6.07) is 4.32. The molecule has 0 radical (unpaired) electrons. The molecule has 118 valence electrons. The molecule has 3 N–H and O–H groups in total. The third-order valence-electron chi connectivity index (χ3n) is 3.94. The van der Waals surface area contributed by atoms with Gasteiger partial charge < -0.3 is 11.1 Å². The van der Waals surface area contributed by atoms with E-state index in [-0.39, 0.29) is 0 Å². The van der Waals surface area contributed by atoms with Crippen molar-refractivity contribution >= 4 is 34.6 Å². The maximum absolute atomic E-state index is 6.11. The summed E-state index contributed by atoms with van der Waals surface area (Å²) in [5, 5.41) is 5.87. The van der Waals surface area contributed by atoms with Crippen LogP contribution in [0.4, 0.5) is 11.6 Å². The highest BCUT2D eigenvalue weighted by Crippen LogP contribution is 2.25. The predicted octanol–water partition coefficient (Wildman–Crippen LogP) is 3.10. The number of hydrogen-bond donors (Lipinski definition) is 2. The molecule has 0 aromatic carbocycles. The largest absolute Gasteiger partial charge is 0.382 e. The molecule has 2 aromatic heterocycles. The first-order valence-corrected chi connectivity index (χ1v) is 8.72. The van der Waals surface area contributed by atoms with Crippen LogP contribution in [-0.2, 0) is 6.54 Å². The second kappa shape index (κ2) is 7.26. The third-order valence-corrected chi connectivity index (χ3v) is 5.17. The Morgan fingerprint density at radius 3 is 3.18 bits per heavy atom. The predicted molar refractivity (Wildman–Crippen MR) is 92.3 cm³/mol. The lowest BCUT2D eigenvalue weighted by Gasteiger charge is -2.32. The van der Waals surface area contributed by atoms with E-state index in [1.54, 1.807) is 0 Å². The highest BCUT2D eigenvalue weighted by molar-refractivity contribution is 7.09. The quantitative estimate of drug-likeness (QED) is 0.877. The summed E-state index contributed by atoms with van der Waals surface area (Å²) in [5.74, 6) is 1.55. The van der Waals surface area contributed by atoms with Crippen LogP contribution in [0.25, 0.3) is 0 Å². The molecule has 1 fully saturated rings. The van der Waals surface area contributed by atoms with Gasteiger partial charge in [0.25, 0.3) is 0 Å². The number of likely N-dealkylation sites (tertiary alicyclic amines) is 1. The minimum absolute atomic E-state index is 0.321. The Kier molecular flexibility index (Phi) is 5.12. The molecule has 0 amide bonds. The van der Waals surface area contributed by atoms with Crippen LogP contribution in [0.5, 0.6) is 0 Å². The minimum atomic E-state index is 0.321. The average molecular weight is 338 g/mol. The van der Waals surface area contributed by atoms with Crippen LogP contribution < -0.4 is 11.1 Å². The van der Waals surface area contributed by atoms with Crippen molar-refractivity contribution in [2.45, 2.75) is 19.4 Å². The molecule has 1 aliphatic heterocycles. The Balaban J connectivity index is 1.53. The lowest BCUT2D eigenvalue weighted by molar-refractivity contribution is 0.174. The summed E-state index contributed by atoms with van der Waals surface area (Å²) in [6.07, 6.45) is 3.90. The molecule has 0 saturated carbocycles. The van der Waals surface area contributed by atoms with Crippen molar-refractivity contribution < 1.29 is 0 Å². The van der Waals surface area contributed by atoms with E-state index in [2.05, 4.69) is 37.7 Å². The number of nitrogens with one attached hydrogen (secondary N) is 1. The smallest absolute Gasteiger partial charge is 0.150 e. The van der Waals surface area contributed by atoms with E-state index < -0.39 is 0 Å². The Morgan fingerprint density at radius 1 is 1.45 bits per heavy atom. The normalized spacial score (nSPS) is 19.2. The van der Waals surface area contributed by atoms with Crippen molar-refractivity contribution in [2.75, 3.05) is 30.7 Å². The van der Waals surface area contributed by atoms with Crippen molar-refractivity contribution in [1.82, 2.24) is 14.9 Å². The number of nitrogens with zero attached hydrogens (tertiary/aromatic N) is 3. The SMILES string of the molecule is Nc1ncnc(NCC2CCCN(Cc3cccs3)C2)c1Cl. The van der Waals surface area contributed by atoms with Crippen LogP contribution in [0.1, 0.15) is 17.7 Å². The van der Waals surface area contributed by atoms with E-state index in [1.807, 2.05) is 11.3 Å². The van der Waals surface area contributed by atoms with E-state index >= 15 is 0 Å². The van der Waals surface area contributed by atoms with Crippen LogP contribution in [0.15, 0.2) is 23.8 Å². The molecule has 3 rings (SSSR count). The number of nitrogen functional groups attached to an aromatic ring is 1. The zero-order valence-electron chi connectivity index (χ0n) is 12.3. The molecule has 3 heterocycles. The van der Waals surface area contributed by atoms with Gasteiger partial charge in [0.2, 0.25) is 0 Å². The maximum Gasteiger partial charge on any atom is 0.150 e. The number of nitrogens with two attached hydrogens (primary N) is 1.